The lowest BCUT2D eigenvalue weighted by Crippen LogP contribution is -2.17. The van der Waals surface area contributed by atoms with E-state index in [-0.39, 0.29) is 5.54 Å². The number of benzene rings is 1. The number of rotatable bonds is 1. The molecule has 0 unspecified atom stereocenters. The Labute approximate surface area is 78.3 Å². The quantitative estimate of drug-likeness (QED) is 0.641. The molecule has 1 aromatic carbocycles. The molecule has 0 atom stereocenters. The van der Waals surface area contributed by atoms with Gasteiger partial charge in [-0.15, -0.1) is 0 Å². The van der Waals surface area contributed by atoms with Gasteiger partial charge < -0.3 is 4.74 Å². The summed E-state index contributed by atoms with van der Waals surface area (Å²) in [5.74, 6) is 0.769. The Hall–Kier alpha value is -1.31. The maximum Gasteiger partial charge on any atom is 0.216 e. The molecule has 0 amide bonds. The van der Waals surface area contributed by atoms with Gasteiger partial charge in [0.05, 0.1) is 5.54 Å². The molecule has 0 aromatic heterocycles. The third-order valence-corrected chi connectivity index (χ3v) is 1.99. The van der Waals surface area contributed by atoms with Crippen LogP contribution in [0.4, 0.5) is 0 Å². The average Bonchev–Trinajstić information content (AvgIpc) is 2.48. The Balaban J connectivity index is 2.30. The van der Waals surface area contributed by atoms with E-state index >= 15 is 0 Å². The van der Waals surface area contributed by atoms with E-state index in [2.05, 4.69) is 18.8 Å². The lowest BCUT2D eigenvalue weighted by Gasteiger charge is -2.07. The first-order chi connectivity index (χ1) is 6.17. The number of hydrogen-bond donors (Lipinski definition) is 0. The zero-order chi connectivity index (χ0) is 9.31. The third-order valence-electron chi connectivity index (χ3n) is 1.99. The van der Waals surface area contributed by atoms with Crippen LogP contribution in [0.5, 0.6) is 0 Å². The molecule has 0 bridgehead atoms. The van der Waals surface area contributed by atoms with Crippen molar-refractivity contribution in [2.75, 3.05) is 6.61 Å². The van der Waals surface area contributed by atoms with Gasteiger partial charge in [0, 0.05) is 5.56 Å². The first-order valence-corrected chi connectivity index (χ1v) is 4.45. The lowest BCUT2D eigenvalue weighted by atomic mass is 10.1. The van der Waals surface area contributed by atoms with E-state index in [9.17, 15) is 0 Å². The zero-order valence-electron chi connectivity index (χ0n) is 7.95. The van der Waals surface area contributed by atoms with Crippen LogP contribution in [0.2, 0.25) is 0 Å². The van der Waals surface area contributed by atoms with E-state index in [0.29, 0.717) is 6.61 Å². The van der Waals surface area contributed by atoms with Crippen molar-refractivity contribution in [3.8, 4) is 0 Å². The summed E-state index contributed by atoms with van der Waals surface area (Å²) in [4.78, 5) is 4.49. The van der Waals surface area contributed by atoms with E-state index in [1.807, 2.05) is 30.3 Å². The van der Waals surface area contributed by atoms with E-state index < -0.39 is 0 Å². The maximum absolute atomic E-state index is 5.50. The number of hydrogen-bond acceptors (Lipinski definition) is 2. The Bertz CT molecular complexity index is 327. The summed E-state index contributed by atoms with van der Waals surface area (Å²) < 4.78 is 5.50. The minimum Gasteiger partial charge on any atom is -0.475 e. The fourth-order valence-electron chi connectivity index (χ4n) is 1.31. The molecule has 13 heavy (non-hydrogen) atoms. The van der Waals surface area contributed by atoms with E-state index in [1.54, 1.807) is 0 Å². The predicted molar refractivity (Wildman–Crippen MR) is 53.0 cm³/mol. The summed E-state index contributed by atoms with van der Waals surface area (Å²) in [6.07, 6.45) is 0. The molecule has 0 N–H and O–H groups in total. The van der Waals surface area contributed by atoms with Gasteiger partial charge in [0.15, 0.2) is 0 Å². The van der Waals surface area contributed by atoms with Gasteiger partial charge in [-0.25, -0.2) is 4.99 Å². The molecule has 1 aliphatic heterocycles. The smallest absolute Gasteiger partial charge is 0.216 e. The van der Waals surface area contributed by atoms with Crippen LogP contribution in [0.15, 0.2) is 35.3 Å². The van der Waals surface area contributed by atoms with Crippen molar-refractivity contribution in [1.29, 1.82) is 0 Å². The second kappa shape index (κ2) is 2.87. The van der Waals surface area contributed by atoms with Gasteiger partial charge >= 0.3 is 0 Å². The Kier molecular flexibility index (Phi) is 1.83. The fraction of sp³-hybridized carbons (Fsp3) is 0.364. The molecular formula is C11H13NO. The van der Waals surface area contributed by atoms with Crippen molar-refractivity contribution in [3.63, 3.8) is 0 Å². The highest BCUT2D eigenvalue weighted by atomic mass is 16.5. The summed E-state index contributed by atoms with van der Waals surface area (Å²) in [6.45, 7) is 4.82. The van der Waals surface area contributed by atoms with Crippen LogP contribution in [-0.2, 0) is 4.74 Å². The summed E-state index contributed by atoms with van der Waals surface area (Å²) in [6, 6.07) is 10.0. The molecule has 0 saturated carbocycles. The first-order valence-electron chi connectivity index (χ1n) is 4.45. The molecule has 0 spiro atoms. The van der Waals surface area contributed by atoms with Gasteiger partial charge in [-0.2, -0.15) is 0 Å². The van der Waals surface area contributed by atoms with Crippen LogP contribution in [0.3, 0.4) is 0 Å². The zero-order valence-corrected chi connectivity index (χ0v) is 7.95. The van der Waals surface area contributed by atoms with Gasteiger partial charge in [-0.1, -0.05) is 18.2 Å². The molecule has 0 saturated heterocycles. The molecule has 2 nitrogen and oxygen atoms in total. The minimum atomic E-state index is -0.0643. The van der Waals surface area contributed by atoms with Gasteiger partial charge in [0.25, 0.3) is 0 Å². The standard InChI is InChI=1S/C11H13NO/c1-11(2)8-13-10(12-11)9-6-4-3-5-7-9/h3-7H,8H2,1-2H3. The molecule has 0 fully saturated rings. The van der Waals surface area contributed by atoms with E-state index in [1.165, 1.54) is 0 Å². The third kappa shape index (κ3) is 1.72. The van der Waals surface area contributed by atoms with Crippen molar-refractivity contribution in [1.82, 2.24) is 0 Å². The molecule has 0 aliphatic carbocycles. The highest BCUT2D eigenvalue weighted by Gasteiger charge is 2.26. The molecule has 68 valence electrons. The molecule has 2 rings (SSSR count). The van der Waals surface area contributed by atoms with Crippen molar-refractivity contribution in [2.24, 2.45) is 4.99 Å². The van der Waals surface area contributed by atoms with Gasteiger partial charge in [0.2, 0.25) is 5.90 Å². The van der Waals surface area contributed by atoms with Crippen LogP contribution >= 0.6 is 0 Å². The molecular weight excluding hydrogens is 162 g/mol. The van der Waals surface area contributed by atoms with Crippen molar-refractivity contribution >= 4 is 5.90 Å². The highest BCUT2D eigenvalue weighted by molar-refractivity contribution is 5.95. The Morgan fingerprint density at radius 1 is 1.23 bits per heavy atom. The minimum absolute atomic E-state index is 0.0643. The van der Waals surface area contributed by atoms with E-state index in [4.69, 9.17) is 4.74 Å². The summed E-state index contributed by atoms with van der Waals surface area (Å²) in [7, 11) is 0. The van der Waals surface area contributed by atoms with Crippen LogP contribution in [0.25, 0.3) is 0 Å². The van der Waals surface area contributed by atoms with Crippen molar-refractivity contribution < 1.29 is 4.74 Å². The second-order valence-corrected chi connectivity index (χ2v) is 3.88. The van der Waals surface area contributed by atoms with E-state index in [0.717, 1.165) is 11.5 Å². The normalized spacial score (nSPS) is 19.4. The fourth-order valence-corrected chi connectivity index (χ4v) is 1.31. The predicted octanol–water partition coefficient (Wildman–Crippen LogP) is 2.24. The highest BCUT2D eigenvalue weighted by Crippen LogP contribution is 2.20. The first kappa shape index (κ1) is 8.30. The van der Waals surface area contributed by atoms with Gasteiger partial charge in [-0.05, 0) is 26.0 Å². The summed E-state index contributed by atoms with van der Waals surface area (Å²) >= 11 is 0. The van der Waals surface area contributed by atoms with Crippen molar-refractivity contribution in [2.45, 2.75) is 19.4 Å². The Morgan fingerprint density at radius 2 is 1.92 bits per heavy atom. The molecule has 1 aromatic rings. The second-order valence-electron chi connectivity index (χ2n) is 3.88. The number of ether oxygens (including phenoxy) is 1. The van der Waals surface area contributed by atoms with Crippen LogP contribution in [0, 0.1) is 0 Å². The van der Waals surface area contributed by atoms with Gasteiger partial charge in [-0.3, -0.25) is 0 Å². The number of nitrogens with zero attached hydrogens (tertiary/aromatic N) is 1. The molecule has 2 heteroatoms. The van der Waals surface area contributed by atoms with Crippen molar-refractivity contribution in [3.05, 3.63) is 35.9 Å². The van der Waals surface area contributed by atoms with Crippen LogP contribution < -0.4 is 0 Å². The summed E-state index contributed by atoms with van der Waals surface area (Å²) in [5.41, 5.74) is 0.999. The molecule has 1 aliphatic rings. The molecule has 1 heterocycles. The van der Waals surface area contributed by atoms with Crippen LogP contribution in [-0.4, -0.2) is 18.0 Å². The average molecular weight is 175 g/mol. The lowest BCUT2D eigenvalue weighted by molar-refractivity contribution is 0.279. The topological polar surface area (TPSA) is 21.6 Å². The largest absolute Gasteiger partial charge is 0.475 e. The number of aliphatic imine (C=N–C) groups is 1. The SMILES string of the molecule is CC1(C)COC(c2ccccc2)=N1. The molecule has 0 radical (unpaired) electrons. The Morgan fingerprint density at radius 3 is 2.46 bits per heavy atom. The monoisotopic (exact) mass is 175 g/mol. The van der Waals surface area contributed by atoms with Crippen LogP contribution in [0.1, 0.15) is 19.4 Å². The van der Waals surface area contributed by atoms with Gasteiger partial charge in [0.1, 0.15) is 6.61 Å². The maximum atomic E-state index is 5.50. The summed E-state index contributed by atoms with van der Waals surface area (Å²) in [5, 5.41) is 0.